The van der Waals surface area contributed by atoms with Crippen molar-refractivity contribution < 1.29 is 0 Å². The Morgan fingerprint density at radius 2 is 1.68 bits per heavy atom. The molecule has 2 heterocycles. The molecule has 0 radical (unpaired) electrons. The van der Waals surface area contributed by atoms with Crippen LogP contribution in [0.5, 0.6) is 0 Å². The molecule has 0 fully saturated rings. The first-order chi connectivity index (χ1) is 10.6. The van der Waals surface area contributed by atoms with Crippen molar-refractivity contribution in [1.82, 2.24) is 15.0 Å². The molecule has 2 aromatic heterocycles. The summed E-state index contributed by atoms with van der Waals surface area (Å²) in [4.78, 5) is 13.5. The smallest absolute Gasteiger partial charge is 0.161 e. The van der Waals surface area contributed by atoms with Gasteiger partial charge in [0.25, 0.3) is 0 Å². The van der Waals surface area contributed by atoms with Gasteiger partial charge in [0.1, 0.15) is 0 Å². The van der Waals surface area contributed by atoms with Gasteiger partial charge < -0.3 is 0 Å². The average molecular weight is 293 g/mol. The van der Waals surface area contributed by atoms with Gasteiger partial charge in [0.15, 0.2) is 5.82 Å². The van der Waals surface area contributed by atoms with Crippen LogP contribution in [0, 0.1) is 6.92 Å². The molecule has 3 heteroatoms. The van der Waals surface area contributed by atoms with E-state index in [0.29, 0.717) is 5.92 Å². The molecule has 114 valence electrons. The fourth-order valence-electron chi connectivity index (χ4n) is 2.32. The van der Waals surface area contributed by atoms with Crippen molar-refractivity contribution in [1.29, 1.82) is 0 Å². The second-order valence-electron chi connectivity index (χ2n) is 5.32. The fourth-order valence-corrected chi connectivity index (χ4v) is 2.32. The molecule has 0 saturated carbocycles. The number of pyridine rings is 1. The molecule has 0 N–H and O–H groups in total. The Labute approximate surface area is 132 Å². The minimum atomic E-state index is 0.467. The Hall–Kier alpha value is -2.29. The maximum Gasteiger partial charge on any atom is 0.161 e. The van der Waals surface area contributed by atoms with Gasteiger partial charge in [-0.2, -0.15) is 0 Å². The van der Waals surface area contributed by atoms with Crippen LogP contribution in [-0.4, -0.2) is 15.0 Å². The molecule has 3 nitrogen and oxygen atoms in total. The highest BCUT2D eigenvalue weighted by Crippen LogP contribution is 2.25. The summed E-state index contributed by atoms with van der Waals surface area (Å²) in [5, 5.41) is 1.13. The molecule has 3 aromatic rings. The molecule has 0 unspecified atom stereocenters. The number of aromatic nitrogens is 3. The van der Waals surface area contributed by atoms with Gasteiger partial charge in [0.2, 0.25) is 0 Å². The molecular formula is C19H23N3. The quantitative estimate of drug-likeness (QED) is 0.656. The zero-order valence-corrected chi connectivity index (χ0v) is 14.0. The first-order valence-corrected chi connectivity index (χ1v) is 7.84. The number of nitrogens with zero attached hydrogens (tertiary/aromatic N) is 3. The zero-order valence-electron chi connectivity index (χ0n) is 14.0. The average Bonchev–Trinajstić information content (AvgIpc) is 2.56. The van der Waals surface area contributed by atoms with Crippen molar-refractivity contribution in [2.75, 3.05) is 0 Å². The maximum absolute atomic E-state index is 4.67. The molecule has 0 aliphatic heterocycles. The van der Waals surface area contributed by atoms with Gasteiger partial charge in [0.05, 0.1) is 5.52 Å². The molecule has 0 aliphatic rings. The molecular weight excluding hydrogens is 270 g/mol. The van der Waals surface area contributed by atoms with Crippen molar-refractivity contribution >= 4 is 10.9 Å². The lowest BCUT2D eigenvalue weighted by atomic mass is 9.99. The van der Waals surface area contributed by atoms with Gasteiger partial charge in [0, 0.05) is 29.0 Å². The largest absolute Gasteiger partial charge is 0.261 e. The normalized spacial score (nSPS) is 10.5. The van der Waals surface area contributed by atoms with E-state index in [2.05, 4.69) is 40.9 Å². The molecule has 0 atom stereocenters. The lowest BCUT2D eigenvalue weighted by molar-refractivity contribution is 0.875. The number of aryl methyl sites for hydroxylation is 1. The minimum Gasteiger partial charge on any atom is -0.261 e. The summed E-state index contributed by atoms with van der Waals surface area (Å²) in [6.07, 6.45) is 3.75. The van der Waals surface area contributed by atoms with E-state index in [1.807, 2.05) is 51.4 Å². The van der Waals surface area contributed by atoms with Crippen molar-refractivity contribution in [2.45, 2.75) is 40.5 Å². The van der Waals surface area contributed by atoms with Crippen molar-refractivity contribution in [3.05, 3.63) is 54.0 Å². The van der Waals surface area contributed by atoms with E-state index in [-0.39, 0.29) is 0 Å². The number of rotatable bonds is 2. The predicted octanol–water partition coefficient (Wildman–Crippen LogP) is 5.15. The van der Waals surface area contributed by atoms with E-state index in [0.717, 1.165) is 28.0 Å². The van der Waals surface area contributed by atoms with Gasteiger partial charge in [-0.1, -0.05) is 39.8 Å². The van der Waals surface area contributed by atoms with Crippen LogP contribution in [0.1, 0.15) is 44.9 Å². The lowest BCUT2D eigenvalue weighted by Gasteiger charge is -2.09. The Kier molecular flexibility index (Phi) is 5.21. The molecule has 22 heavy (non-hydrogen) atoms. The van der Waals surface area contributed by atoms with Gasteiger partial charge >= 0.3 is 0 Å². The van der Waals surface area contributed by atoms with Crippen LogP contribution in [0.25, 0.3) is 22.3 Å². The summed E-state index contributed by atoms with van der Waals surface area (Å²) in [5.74, 6) is 1.19. The third kappa shape index (κ3) is 3.30. The van der Waals surface area contributed by atoms with Crippen LogP contribution in [0.15, 0.2) is 42.7 Å². The molecule has 0 bridgehead atoms. The Balaban J connectivity index is 0.000000847. The molecule has 0 saturated heterocycles. The standard InChI is InChI=1S/C17H17N3.C2H6/c1-11(2)14-5-4-6-16-15(14)10-19-17(20-16)13-8-7-12(3)18-9-13;1-2/h4-11H,1-3H3;1-2H3. The van der Waals surface area contributed by atoms with Crippen LogP contribution in [0.3, 0.4) is 0 Å². The van der Waals surface area contributed by atoms with Crippen LogP contribution in [0.2, 0.25) is 0 Å². The lowest BCUT2D eigenvalue weighted by Crippen LogP contribution is -1.95. The summed E-state index contributed by atoms with van der Waals surface area (Å²) >= 11 is 0. The summed E-state index contributed by atoms with van der Waals surface area (Å²) in [5.41, 5.74) is 4.22. The fraction of sp³-hybridized carbons (Fsp3) is 0.316. The Morgan fingerprint density at radius 1 is 0.909 bits per heavy atom. The van der Waals surface area contributed by atoms with Crippen molar-refractivity contribution in [2.24, 2.45) is 0 Å². The summed E-state index contributed by atoms with van der Waals surface area (Å²) in [7, 11) is 0. The number of benzene rings is 1. The third-order valence-electron chi connectivity index (χ3n) is 3.45. The second kappa shape index (κ2) is 7.12. The molecule has 1 aromatic carbocycles. The van der Waals surface area contributed by atoms with E-state index in [1.165, 1.54) is 5.56 Å². The second-order valence-corrected chi connectivity index (χ2v) is 5.32. The molecule has 0 aliphatic carbocycles. The van der Waals surface area contributed by atoms with Crippen molar-refractivity contribution in [3.63, 3.8) is 0 Å². The highest BCUT2D eigenvalue weighted by Gasteiger charge is 2.08. The SMILES string of the molecule is CC.Cc1ccc(-c2ncc3c(C(C)C)cccc3n2)cn1. The number of hydrogen-bond donors (Lipinski definition) is 0. The molecule has 3 rings (SSSR count). The monoisotopic (exact) mass is 293 g/mol. The summed E-state index contributed by atoms with van der Waals surface area (Å²) < 4.78 is 0. The van der Waals surface area contributed by atoms with Crippen molar-refractivity contribution in [3.8, 4) is 11.4 Å². The van der Waals surface area contributed by atoms with E-state index < -0.39 is 0 Å². The van der Waals surface area contributed by atoms with Crippen LogP contribution in [-0.2, 0) is 0 Å². The van der Waals surface area contributed by atoms with Crippen LogP contribution < -0.4 is 0 Å². The topological polar surface area (TPSA) is 38.7 Å². The van der Waals surface area contributed by atoms with E-state index in [1.54, 1.807) is 0 Å². The van der Waals surface area contributed by atoms with E-state index >= 15 is 0 Å². The molecule has 0 spiro atoms. The van der Waals surface area contributed by atoms with Gasteiger partial charge in [-0.3, -0.25) is 4.98 Å². The first kappa shape index (κ1) is 16.1. The zero-order chi connectivity index (χ0) is 16.1. The first-order valence-electron chi connectivity index (χ1n) is 7.84. The third-order valence-corrected chi connectivity index (χ3v) is 3.45. The Bertz CT molecular complexity index is 746. The van der Waals surface area contributed by atoms with Gasteiger partial charge in [-0.05, 0) is 36.6 Å². The van der Waals surface area contributed by atoms with Crippen LogP contribution >= 0.6 is 0 Å². The number of fused-ring (bicyclic) bond motifs is 1. The van der Waals surface area contributed by atoms with E-state index in [4.69, 9.17) is 0 Å². The molecule has 0 amide bonds. The number of hydrogen-bond acceptors (Lipinski definition) is 3. The highest BCUT2D eigenvalue weighted by molar-refractivity contribution is 5.83. The summed E-state index contributed by atoms with van der Waals surface area (Å²) in [6.45, 7) is 10.3. The van der Waals surface area contributed by atoms with Crippen LogP contribution in [0.4, 0.5) is 0 Å². The van der Waals surface area contributed by atoms with Gasteiger partial charge in [-0.25, -0.2) is 9.97 Å². The van der Waals surface area contributed by atoms with Gasteiger partial charge in [-0.15, -0.1) is 0 Å². The Morgan fingerprint density at radius 3 is 2.32 bits per heavy atom. The maximum atomic E-state index is 4.67. The van der Waals surface area contributed by atoms with E-state index in [9.17, 15) is 0 Å². The predicted molar refractivity (Wildman–Crippen MR) is 92.9 cm³/mol. The highest BCUT2D eigenvalue weighted by atomic mass is 14.9. The summed E-state index contributed by atoms with van der Waals surface area (Å²) in [6, 6.07) is 10.2. The minimum absolute atomic E-state index is 0.467.